The lowest BCUT2D eigenvalue weighted by molar-refractivity contribution is -0.143. The third kappa shape index (κ3) is 6.90. The van der Waals surface area contributed by atoms with Crippen LogP contribution in [0.4, 0.5) is 0 Å². The number of carbonyl (C=O) groups excluding carboxylic acids is 2. The van der Waals surface area contributed by atoms with Crippen molar-refractivity contribution in [1.29, 1.82) is 0 Å². The molecule has 1 N–H and O–H groups in total. The van der Waals surface area contributed by atoms with Gasteiger partial charge >= 0.3 is 0 Å². The molecule has 0 saturated heterocycles. The summed E-state index contributed by atoms with van der Waals surface area (Å²) in [5.41, 5.74) is 0.895. The SMILES string of the molecule is CC[C@H](C)NC(=O)[C@H](CC)N(Cc1ccc(OC)cc1)C(=O)COc1ccccc1OC. The van der Waals surface area contributed by atoms with Gasteiger partial charge in [0.25, 0.3) is 5.91 Å². The zero-order valence-corrected chi connectivity index (χ0v) is 19.6. The van der Waals surface area contributed by atoms with E-state index in [1.165, 1.54) is 0 Å². The number of ether oxygens (including phenoxy) is 3. The summed E-state index contributed by atoms with van der Waals surface area (Å²) in [4.78, 5) is 27.8. The van der Waals surface area contributed by atoms with E-state index in [0.29, 0.717) is 17.9 Å². The molecule has 7 heteroatoms. The first-order chi connectivity index (χ1) is 15.4. The first-order valence-electron chi connectivity index (χ1n) is 10.9. The van der Waals surface area contributed by atoms with E-state index < -0.39 is 6.04 Å². The molecule has 2 amide bonds. The van der Waals surface area contributed by atoms with Crippen molar-refractivity contribution in [3.63, 3.8) is 0 Å². The average molecular weight is 443 g/mol. The molecular formula is C25H34N2O5. The first kappa shape index (κ1) is 25.0. The first-order valence-corrected chi connectivity index (χ1v) is 10.9. The number of nitrogens with one attached hydrogen (secondary N) is 1. The van der Waals surface area contributed by atoms with Crippen LogP contribution in [0, 0.1) is 0 Å². The van der Waals surface area contributed by atoms with Gasteiger partial charge in [-0.2, -0.15) is 0 Å². The molecule has 0 aliphatic heterocycles. The van der Waals surface area contributed by atoms with Gasteiger partial charge in [-0.3, -0.25) is 9.59 Å². The molecule has 2 atom stereocenters. The Morgan fingerprint density at radius 3 is 2.16 bits per heavy atom. The molecule has 0 aliphatic rings. The zero-order chi connectivity index (χ0) is 23.5. The van der Waals surface area contributed by atoms with Crippen molar-refractivity contribution in [1.82, 2.24) is 10.2 Å². The second kappa shape index (κ2) is 12.6. The van der Waals surface area contributed by atoms with Gasteiger partial charge < -0.3 is 24.4 Å². The summed E-state index contributed by atoms with van der Waals surface area (Å²) in [6.07, 6.45) is 1.30. The Hall–Kier alpha value is -3.22. The maximum Gasteiger partial charge on any atom is 0.261 e. The number of benzene rings is 2. The van der Waals surface area contributed by atoms with E-state index in [4.69, 9.17) is 14.2 Å². The highest BCUT2D eigenvalue weighted by Gasteiger charge is 2.29. The van der Waals surface area contributed by atoms with Crippen molar-refractivity contribution in [2.45, 2.75) is 52.2 Å². The highest BCUT2D eigenvalue weighted by atomic mass is 16.5. The minimum atomic E-state index is -0.611. The fraction of sp³-hybridized carbons (Fsp3) is 0.440. The molecular weight excluding hydrogens is 408 g/mol. The molecule has 2 aromatic rings. The van der Waals surface area contributed by atoms with E-state index in [1.807, 2.05) is 57.2 Å². The van der Waals surface area contributed by atoms with Crippen LogP contribution in [0.25, 0.3) is 0 Å². The van der Waals surface area contributed by atoms with Crippen LogP contribution >= 0.6 is 0 Å². The van der Waals surface area contributed by atoms with Gasteiger partial charge in [0.2, 0.25) is 5.91 Å². The number of para-hydroxylation sites is 2. The number of nitrogens with zero attached hydrogens (tertiary/aromatic N) is 1. The lowest BCUT2D eigenvalue weighted by Crippen LogP contribution is -2.51. The van der Waals surface area contributed by atoms with Gasteiger partial charge in [0.05, 0.1) is 14.2 Å². The van der Waals surface area contributed by atoms with E-state index in [-0.39, 0.29) is 31.0 Å². The maximum absolute atomic E-state index is 13.3. The quantitative estimate of drug-likeness (QED) is 0.541. The Morgan fingerprint density at radius 2 is 1.59 bits per heavy atom. The molecule has 7 nitrogen and oxygen atoms in total. The van der Waals surface area contributed by atoms with Gasteiger partial charge in [0.1, 0.15) is 11.8 Å². The lowest BCUT2D eigenvalue weighted by atomic mass is 10.1. The Bertz CT molecular complexity index is 869. The minimum Gasteiger partial charge on any atom is -0.497 e. The zero-order valence-electron chi connectivity index (χ0n) is 19.6. The molecule has 0 radical (unpaired) electrons. The van der Waals surface area contributed by atoms with E-state index in [1.54, 1.807) is 31.3 Å². The molecule has 0 aliphatic carbocycles. The van der Waals surface area contributed by atoms with Crippen molar-refractivity contribution in [3.05, 3.63) is 54.1 Å². The second-order valence-corrected chi connectivity index (χ2v) is 7.55. The molecule has 2 aromatic carbocycles. The normalized spacial score (nSPS) is 12.4. The lowest BCUT2D eigenvalue weighted by Gasteiger charge is -2.31. The third-order valence-corrected chi connectivity index (χ3v) is 5.32. The highest BCUT2D eigenvalue weighted by Crippen LogP contribution is 2.26. The Labute approximate surface area is 190 Å². The van der Waals surface area contributed by atoms with E-state index >= 15 is 0 Å². The third-order valence-electron chi connectivity index (χ3n) is 5.32. The van der Waals surface area contributed by atoms with Crippen LogP contribution in [0.5, 0.6) is 17.2 Å². The number of hydrogen-bond donors (Lipinski definition) is 1. The molecule has 0 heterocycles. The van der Waals surface area contributed by atoms with Gasteiger partial charge in [-0.05, 0) is 49.6 Å². The van der Waals surface area contributed by atoms with Crippen LogP contribution in [0.1, 0.15) is 39.2 Å². The van der Waals surface area contributed by atoms with Crippen molar-refractivity contribution in [2.75, 3.05) is 20.8 Å². The van der Waals surface area contributed by atoms with Crippen LogP contribution in [0.2, 0.25) is 0 Å². The molecule has 32 heavy (non-hydrogen) atoms. The number of carbonyl (C=O) groups is 2. The van der Waals surface area contributed by atoms with Crippen LogP contribution < -0.4 is 19.5 Å². The number of hydrogen-bond acceptors (Lipinski definition) is 5. The summed E-state index contributed by atoms with van der Waals surface area (Å²) >= 11 is 0. The summed E-state index contributed by atoms with van der Waals surface area (Å²) in [5.74, 6) is 1.31. The van der Waals surface area contributed by atoms with Crippen molar-refractivity contribution >= 4 is 11.8 Å². The topological polar surface area (TPSA) is 77.1 Å². The molecule has 0 bridgehead atoms. The van der Waals surface area contributed by atoms with E-state index in [2.05, 4.69) is 5.32 Å². The van der Waals surface area contributed by atoms with Gasteiger partial charge in [-0.25, -0.2) is 0 Å². The number of rotatable bonds is 12. The van der Waals surface area contributed by atoms with E-state index in [0.717, 1.165) is 17.7 Å². The molecule has 0 unspecified atom stereocenters. The van der Waals surface area contributed by atoms with Crippen molar-refractivity contribution in [3.8, 4) is 17.2 Å². The predicted octanol–water partition coefficient (Wildman–Crippen LogP) is 3.80. The summed E-state index contributed by atoms with van der Waals surface area (Å²) in [5, 5.41) is 3.00. The molecule has 0 fully saturated rings. The molecule has 174 valence electrons. The average Bonchev–Trinajstić information content (AvgIpc) is 2.82. The van der Waals surface area contributed by atoms with Crippen LogP contribution in [0.3, 0.4) is 0 Å². The van der Waals surface area contributed by atoms with Crippen molar-refractivity contribution in [2.24, 2.45) is 0 Å². The Morgan fingerprint density at radius 1 is 0.938 bits per heavy atom. The minimum absolute atomic E-state index is 0.0271. The number of amides is 2. The molecule has 0 aromatic heterocycles. The Balaban J connectivity index is 2.23. The van der Waals surface area contributed by atoms with Gasteiger partial charge in [-0.15, -0.1) is 0 Å². The summed E-state index contributed by atoms with van der Waals surface area (Å²) < 4.78 is 16.3. The second-order valence-electron chi connectivity index (χ2n) is 7.55. The monoisotopic (exact) mass is 442 g/mol. The van der Waals surface area contributed by atoms with E-state index in [9.17, 15) is 9.59 Å². The number of methoxy groups -OCH3 is 2. The molecule has 0 saturated carbocycles. The maximum atomic E-state index is 13.3. The smallest absolute Gasteiger partial charge is 0.261 e. The fourth-order valence-corrected chi connectivity index (χ4v) is 3.25. The Kier molecular flexibility index (Phi) is 9.85. The van der Waals surface area contributed by atoms with Gasteiger partial charge in [-0.1, -0.05) is 38.1 Å². The molecule has 0 spiro atoms. The summed E-state index contributed by atoms with van der Waals surface area (Å²) in [6.45, 7) is 5.93. The summed E-state index contributed by atoms with van der Waals surface area (Å²) in [7, 11) is 3.15. The highest BCUT2D eigenvalue weighted by molar-refractivity contribution is 5.88. The van der Waals surface area contributed by atoms with Crippen LogP contribution in [-0.4, -0.2) is 49.6 Å². The fourth-order valence-electron chi connectivity index (χ4n) is 3.25. The molecule has 2 rings (SSSR count). The van der Waals surface area contributed by atoms with Crippen molar-refractivity contribution < 1.29 is 23.8 Å². The standard InChI is InChI=1S/C25H34N2O5/c1-6-18(3)26-25(29)21(7-2)27(16-19-12-14-20(30-4)15-13-19)24(28)17-32-23-11-9-8-10-22(23)31-5/h8-15,18,21H,6-7,16-17H2,1-5H3,(H,26,29)/t18-,21-/m0/s1. The van der Waals surface area contributed by atoms with Crippen LogP contribution in [0.15, 0.2) is 48.5 Å². The largest absolute Gasteiger partial charge is 0.497 e. The van der Waals surface area contributed by atoms with Crippen LogP contribution in [-0.2, 0) is 16.1 Å². The summed E-state index contributed by atoms with van der Waals surface area (Å²) in [6, 6.07) is 14.0. The predicted molar refractivity (Wildman–Crippen MR) is 124 cm³/mol. The van der Waals surface area contributed by atoms with Gasteiger partial charge in [0.15, 0.2) is 18.1 Å². The van der Waals surface area contributed by atoms with Gasteiger partial charge in [0, 0.05) is 12.6 Å².